The maximum Gasteiger partial charge on any atom is 0.405 e. The van der Waals surface area contributed by atoms with Crippen molar-refractivity contribution in [3.8, 4) is 11.5 Å². The molecule has 0 spiro atoms. The molecule has 1 amide bonds. The number of aromatic nitrogens is 3. The first kappa shape index (κ1) is 20.0. The van der Waals surface area contributed by atoms with E-state index in [4.69, 9.17) is 0 Å². The third-order valence-corrected chi connectivity index (χ3v) is 4.60. The summed E-state index contributed by atoms with van der Waals surface area (Å²) in [6.45, 7) is 1.69. The minimum Gasteiger partial charge on any atom is -0.356 e. The van der Waals surface area contributed by atoms with E-state index < -0.39 is 24.5 Å². The van der Waals surface area contributed by atoms with Crippen molar-refractivity contribution in [2.45, 2.75) is 32.4 Å². The van der Waals surface area contributed by atoms with Gasteiger partial charge in [0.2, 0.25) is 5.91 Å². The monoisotopic (exact) mass is 393 g/mol. The van der Waals surface area contributed by atoms with E-state index in [0.717, 1.165) is 5.69 Å². The van der Waals surface area contributed by atoms with E-state index in [1.165, 1.54) is 0 Å². The third kappa shape index (κ3) is 5.17. The minimum atomic E-state index is -4.41. The number of halogens is 3. The van der Waals surface area contributed by atoms with Gasteiger partial charge in [0.15, 0.2) is 5.82 Å². The summed E-state index contributed by atoms with van der Waals surface area (Å²) in [4.78, 5) is 27.5. The van der Waals surface area contributed by atoms with Gasteiger partial charge in [0.1, 0.15) is 18.1 Å². The topological polar surface area (TPSA) is 71.0 Å². The van der Waals surface area contributed by atoms with Crippen LogP contribution in [-0.2, 0) is 11.2 Å². The molecule has 6 nitrogen and oxygen atoms in total. The molecule has 150 valence electrons. The summed E-state index contributed by atoms with van der Waals surface area (Å²) in [5.41, 5.74) is 1.49. The predicted molar refractivity (Wildman–Crippen MR) is 98.6 cm³/mol. The summed E-state index contributed by atoms with van der Waals surface area (Å²) in [7, 11) is 0. The van der Waals surface area contributed by atoms with Crippen LogP contribution in [0.25, 0.3) is 11.5 Å². The van der Waals surface area contributed by atoms with Gasteiger partial charge in [0, 0.05) is 31.0 Å². The molecule has 1 fully saturated rings. The van der Waals surface area contributed by atoms with Gasteiger partial charge < -0.3 is 10.2 Å². The second-order valence-electron chi connectivity index (χ2n) is 6.73. The van der Waals surface area contributed by atoms with Crippen LogP contribution in [0, 0.1) is 5.92 Å². The molecule has 3 rings (SSSR count). The van der Waals surface area contributed by atoms with E-state index in [2.05, 4.69) is 15.0 Å². The van der Waals surface area contributed by atoms with Crippen LogP contribution < -0.4 is 10.2 Å². The number of pyridine rings is 1. The molecule has 1 N–H and O–H groups in total. The number of hydrogen-bond donors (Lipinski definition) is 1. The van der Waals surface area contributed by atoms with Crippen molar-refractivity contribution >= 4 is 11.7 Å². The molecule has 0 aromatic carbocycles. The number of rotatable bonds is 5. The molecule has 3 heterocycles. The van der Waals surface area contributed by atoms with Crippen LogP contribution in [0.2, 0.25) is 0 Å². The van der Waals surface area contributed by atoms with Crippen LogP contribution in [0.1, 0.15) is 25.5 Å². The van der Waals surface area contributed by atoms with Crippen molar-refractivity contribution in [2.75, 3.05) is 24.5 Å². The molecular formula is C19H22F3N5O. The fourth-order valence-electron chi connectivity index (χ4n) is 3.17. The standard InChI is InChI=1S/C19H22F3N5O/c1-2-14-10-16(26-17(25-14)15-7-3-4-8-23-15)27-9-5-6-13(11-27)18(28)24-12-19(20,21)22/h3-4,7-8,10,13H,2,5-6,9,11-12H2,1H3,(H,24,28). The van der Waals surface area contributed by atoms with Crippen LogP contribution in [0.3, 0.4) is 0 Å². The lowest BCUT2D eigenvalue weighted by Crippen LogP contribution is -2.45. The zero-order valence-corrected chi connectivity index (χ0v) is 15.5. The molecule has 1 aliphatic rings. The van der Waals surface area contributed by atoms with Gasteiger partial charge in [0.05, 0.1) is 5.92 Å². The number of anilines is 1. The Balaban J connectivity index is 1.78. The second kappa shape index (κ2) is 8.53. The number of alkyl halides is 3. The number of nitrogens with zero attached hydrogens (tertiary/aromatic N) is 4. The van der Waals surface area contributed by atoms with E-state index in [-0.39, 0.29) is 0 Å². The van der Waals surface area contributed by atoms with Gasteiger partial charge in [-0.3, -0.25) is 9.78 Å². The van der Waals surface area contributed by atoms with Crippen molar-refractivity contribution in [3.05, 3.63) is 36.2 Å². The summed E-state index contributed by atoms with van der Waals surface area (Å²) in [6.07, 6.45) is -0.782. The molecule has 2 aromatic rings. The predicted octanol–water partition coefficient (Wildman–Crippen LogP) is 3.00. The highest BCUT2D eigenvalue weighted by atomic mass is 19.4. The average molecular weight is 393 g/mol. The van der Waals surface area contributed by atoms with Crippen molar-refractivity contribution in [2.24, 2.45) is 5.92 Å². The first-order valence-electron chi connectivity index (χ1n) is 9.24. The van der Waals surface area contributed by atoms with Crippen molar-refractivity contribution in [1.29, 1.82) is 0 Å². The molecule has 0 bridgehead atoms. The van der Waals surface area contributed by atoms with Crippen LogP contribution >= 0.6 is 0 Å². The SMILES string of the molecule is CCc1cc(N2CCCC(C(=O)NCC(F)(F)F)C2)nc(-c2ccccn2)n1. The lowest BCUT2D eigenvalue weighted by molar-refractivity contribution is -0.140. The molecule has 1 saturated heterocycles. The Bertz CT molecular complexity index is 813. The van der Waals surface area contributed by atoms with Gasteiger partial charge in [-0.15, -0.1) is 0 Å². The van der Waals surface area contributed by atoms with E-state index in [0.29, 0.717) is 49.7 Å². The van der Waals surface area contributed by atoms with Crippen molar-refractivity contribution < 1.29 is 18.0 Å². The number of aryl methyl sites for hydroxylation is 1. The maximum absolute atomic E-state index is 12.4. The summed E-state index contributed by atoms with van der Waals surface area (Å²) < 4.78 is 37.1. The molecule has 0 saturated carbocycles. The van der Waals surface area contributed by atoms with Crippen molar-refractivity contribution in [3.63, 3.8) is 0 Å². The normalized spacial score (nSPS) is 17.4. The smallest absolute Gasteiger partial charge is 0.356 e. The van der Waals surface area contributed by atoms with Gasteiger partial charge >= 0.3 is 6.18 Å². The third-order valence-electron chi connectivity index (χ3n) is 4.60. The summed E-state index contributed by atoms with van der Waals surface area (Å²) in [6, 6.07) is 7.35. The average Bonchev–Trinajstić information content (AvgIpc) is 2.71. The molecule has 2 aromatic heterocycles. The molecule has 1 atom stereocenters. The lowest BCUT2D eigenvalue weighted by atomic mass is 9.97. The zero-order valence-electron chi connectivity index (χ0n) is 15.5. The Morgan fingerprint density at radius 3 is 2.82 bits per heavy atom. The van der Waals surface area contributed by atoms with Gasteiger partial charge in [-0.1, -0.05) is 13.0 Å². The number of hydrogen-bond acceptors (Lipinski definition) is 5. The van der Waals surface area contributed by atoms with E-state index >= 15 is 0 Å². The fourth-order valence-corrected chi connectivity index (χ4v) is 3.17. The molecule has 0 radical (unpaired) electrons. The van der Waals surface area contributed by atoms with Crippen LogP contribution in [0.5, 0.6) is 0 Å². The fraction of sp³-hybridized carbons (Fsp3) is 0.474. The molecule has 1 unspecified atom stereocenters. The molecule has 28 heavy (non-hydrogen) atoms. The van der Waals surface area contributed by atoms with E-state index in [9.17, 15) is 18.0 Å². The first-order valence-corrected chi connectivity index (χ1v) is 9.24. The highest BCUT2D eigenvalue weighted by Crippen LogP contribution is 2.25. The van der Waals surface area contributed by atoms with Crippen LogP contribution in [-0.4, -0.2) is 46.7 Å². The number of piperidine rings is 1. The number of amides is 1. The van der Waals surface area contributed by atoms with Crippen LogP contribution in [0.15, 0.2) is 30.5 Å². The Hall–Kier alpha value is -2.71. The number of carbonyl (C=O) groups excluding carboxylic acids is 1. The van der Waals surface area contributed by atoms with E-state index in [1.807, 2.05) is 41.4 Å². The Labute approximate surface area is 161 Å². The largest absolute Gasteiger partial charge is 0.405 e. The minimum absolute atomic E-state index is 0.325. The summed E-state index contributed by atoms with van der Waals surface area (Å²) in [5, 5.41) is 1.99. The Kier molecular flexibility index (Phi) is 6.11. The molecule has 1 aliphatic heterocycles. The number of carbonyl (C=O) groups is 1. The van der Waals surface area contributed by atoms with Gasteiger partial charge in [-0.2, -0.15) is 13.2 Å². The number of nitrogens with one attached hydrogen (secondary N) is 1. The molecule has 0 aliphatic carbocycles. The Morgan fingerprint density at radius 2 is 2.14 bits per heavy atom. The van der Waals surface area contributed by atoms with Crippen molar-refractivity contribution in [1.82, 2.24) is 20.3 Å². The van der Waals surface area contributed by atoms with Gasteiger partial charge in [-0.25, -0.2) is 9.97 Å². The first-order chi connectivity index (χ1) is 13.4. The highest BCUT2D eigenvalue weighted by Gasteiger charge is 2.31. The van der Waals surface area contributed by atoms with Gasteiger partial charge in [-0.05, 0) is 31.4 Å². The zero-order chi connectivity index (χ0) is 20.1. The summed E-state index contributed by atoms with van der Waals surface area (Å²) in [5.74, 6) is 0.0885. The van der Waals surface area contributed by atoms with Gasteiger partial charge in [0.25, 0.3) is 0 Å². The van der Waals surface area contributed by atoms with Crippen LogP contribution in [0.4, 0.5) is 19.0 Å². The maximum atomic E-state index is 12.4. The van der Waals surface area contributed by atoms with E-state index in [1.54, 1.807) is 6.20 Å². The summed E-state index contributed by atoms with van der Waals surface area (Å²) >= 11 is 0. The Morgan fingerprint density at radius 1 is 1.32 bits per heavy atom. The second-order valence-corrected chi connectivity index (χ2v) is 6.73. The molecule has 9 heteroatoms. The quantitative estimate of drug-likeness (QED) is 0.846. The highest BCUT2D eigenvalue weighted by molar-refractivity contribution is 5.79. The lowest BCUT2D eigenvalue weighted by Gasteiger charge is -2.33. The molecular weight excluding hydrogens is 371 g/mol.